The molecule has 1 aromatic carbocycles. The summed E-state index contributed by atoms with van der Waals surface area (Å²) in [6, 6.07) is 11.7. The predicted octanol–water partition coefficient (Wildman–Crippen LogP) is 4.99. The van der Waals surface area contributed by atoms with Gasteiger partial charge in [-0.1, -0.05) is 57.0 Å². The van der Waals surface area contributed by atoms with E-state index in [0.717, 1.165) is 17.7 Å². The van der Waals surface area contributed by atoms with Gasteiger partial charge in [-0.15, -0.1) is 0 Å². The van der Waals surface area contributed by atoms with Gasteiger partial charge < -0.3 is 0 Å². The third-order valence-electron chi connectivity index (χ3n) is 4.78. The van der Waals surface area contributed by atoms with E-state index in [9.17, 15) is 0 Å². The molecule has 0 radical (unpaired) electrons. The molecule has 0 aromatic heterocycles. The summed E-state index contributed by atoms with van der Waals surface area (Å²) in [6.07, 6.45) is 6.93. The second-order valence-electron chi connectivity index (χ2n) is 6.91. The van der Waals surface area contributed by atoms with Gasteiger partial charge in [0.05, 0.1) is 0 Å². The fourth-order valence-electron chi connectivity index (χ4n) is 3.39. The van der Waals surface area contributed by atoms with E-state index >= 15 is 0 Å². The minimum Gasteiger partial charge on any atom is -0.300 e. The molecule has 0 aliphatic heterocycles. The first-order chi connectivity index (χ1) is 10.2. The third kappa shape index (κ3) is 5.34. The van der Waals surface area contributed by atoms with Gasteiger partial charge in [-0.25, -0.2) is 0 Å². The molecule has 2 rings (SSSR count). The highest BCUT2D eigenvalue weighted by atomic mass is 32.1. The van der Waals surface area contributed by atoms with Crippen molar-refractivity contribution in [2.45, 2.75) is 57.9 Å². The zero-order valence-electron chi connectivity index (χ0n) is 13.7. The Balaban J connectivity index is 2.01. The molecule has 1 nitrogen and oxygen atoms in total. The monoisotopic (exact) mass is 305 g/mol. The largest absolute Gasteiger partial charge is 0.300 e. The van der Waals surface area contributed by atoms with E-state index < -0.39 is 0 Å². The van der Waals surface area contributed by atoms with Crippen LogP contribution in [0.1, 0.15) is 57.4 Å². The van der Waals surface area contributed by atoms with Gasteiger partial charge in [0.1, 0.15) is 0 Å². The molecule has 1 atom stereocenters. The summed E-state index contributed by atoms with van der Waals surface area (Å²) in [4.78, 5) is 2.76. The zero-order chi connectivity index (χ0) is 15.1. The summed E-state index contributed by atoms with van der Waals surface area (Å²) < 4.78 is 0. The number of thiol groups is 1. The van der Waals surface area contributed by atoms with E-state index in [4.69, 9.17) is 0 Å². The SMILES string of the molecule is CC(C)CCN(CC(CS)c1ccccc1)C1CCCC1. The van der Waals surface area contributed by atoms with Crippen molar-refractivity contribution in [2.75, 3.05) is 18.8 Å². The second-order valence-corrected chi connectivity index (χ2v) is 7.27. The third-order valence-corrected chi connectivity index (χ3v) is 5.22. The fraction of sp³-hybridized carbons (Fsp3) is 0.684. The van der Waals surface area contributed by atoms with Crippen molar-refractivity contribution in [1.29, 1.82) is 0 Å². The molecule has 1 aliphatic rings. The van der Waals surface area contributed by atoms with Gasteiger partial charge in [0.15, 0.2) is 0 Å². The molecule has 21 heavy (non-hydrogen) atoms. The lowest BCUT2D eigenvalue weighted by atomic mass is 9.98. The molecule has 1 unspecified atom stereocenters. The Hall–Kier alpha value is -0.470. The number of hydrogen-bond acceptors (Lipinski definition) is 2. The highest BCUT2D eigenvalue weighted by Crippen LogP contribution is 2.27. The molecule has 118 valence electrons. The second kappa shape index (κ2) is 8.85. The molecular weight excluding hydrogens is 274 g/mol. The van der Waals surface area contributed by atoms with Crippen LogP contribution in [-0.2, 0) is 0 Å². The molecule has 0 spiro atoms. The minimum absolute atomic E-state index is 0.558. The molecule has 0 heterocycles. The van der Waals surface area contributed by atoms with Gasteiger partial charge in [-0.2, -0.15) is 12.6 Å². The molecule has 0 saturated heterocycles. The normalized spacial score (nSPS) is 17.8. The van der Waals surface area contributed by atoms with Crippen LogP contribution in [0.5, 0.6) is 0 Å². The van der Waals surface area contributed by atoms with Crippen molar-refractivity contribution in [3.63, 3.8) is 0 Å². The topological polar surface area (TPSA) is 3.24 Å². The Morgan fingerprint density at radius 2 is 1.81 bits per heavy atom. The Kier molecular flexibility index (Phi) is 7.12. The van der Waals surface area contributed by atoms with Crippen molar-refractivity contribution in [1.82, 2.24) is 4.90 Å². The summed E-state index contributed by atoms with van der Waals surface area (Å²) in [5.74, 6) is 2.29. The molecule has 1 saturated carbocycles. The molecule has 0 bridgehead atoms. The first-order valence-electron chi connectivity index (χ1n) is 8.60. The molecule has 1 aromatic rings. The van der Waals surface area contributed by atoms with Gasteiger partial charge >= 0.3 is 0 Å². The van der Waals surface area contributed by atoms with Crippen molar-refractivity contribution >= 4 is 12.6 Å². The summed E-state index contributed by atoms with van der Waals surface area (Å²) in [6.45, 7) is 7.09. The first-order valence-corrected chi connectivity index (χ1v) is 9.23. The first kappa shape index (κ1) is 16.9. The average Bonchev–Trinajstić information content (AvgIpc) is 3.02. The van der Waals surface area contributed by atoms with Gasteiger partial charge in [0, 0.05) is 18.5 Å². The van der Waals surface area contributed by atoms with Gasteiger partial charge in [0.25, 0.3) is 0 Å². The summed E-state index contributed by atoms with van der Waals surface area (Å²) >= 11 is 4.63. The number of nitrogens with zero attached hydrogens (tertiary/aromatic N) is 1. The maximum absolute atomic E-state index is 4.63. The van der Waals surface area contributed by atoms with E-state index in [1.165, 1.54) is 50.8 Å². The van der Waals surface area contributed by atoms with Crippen molar-refractivity contribution in [2.24, 2.45) is 5.92 Å². The van der Waals surface area contributed by atoms with E-state index in [-0.39, 0.29) is 0 Å². The highest BCUT2D eigenvalue weighted by molar-refractivity contribution is 7.80. The van der Waals surface area contributed by atoms with Crippen LogP contribution in [0, 0.1) is 5.92 Å². The van der Waals surface area contributed by atoms with Gasteiger partial charge in [-0.05, 0) is 43.0 Å². The average molecular weight is 306 g/mol. The molecule has 1 fully saturated rings. The van der Waals surface area contributed by atoms with Crippen LogP contribution in [0.3, 0.4) is 0 Å². The molecular formula is C19H31NS. The number of hydrogen-bond donors (Lipinski definition) is 1. The maximum atomic E-state index is 4.63. The van der Waals surface area contributed by atoms with Crippen LogP contribution >= 0.6 is 12.6 Å². The van der Waals surface area contributed by atoms with Crippen LogP contribution in [-0.4, -0.2) is 29.8 Å². The summed E-state index contributed by atoms with van der Waals surface area (Å²) in [5, 5.41) is 0. The van der Waals surface area contributed by atoms with Crippen LogP contribution in [0.25, 0.3) is 0 Å². The van der Waals surface area contributed by atoms with E-state index in [0.29, 0.717) is 5.92 Å². The van der Waals surface area contributed by atoms with Crippen LogP contribution < -0.4 is 0 Å². The van der Waals surface area contributed by atoms with Crippen molar-refractivity contribution in [3.8, 4) is 0 Å². The highest BCUT2D eigenvalue weighted by Gasteiger charge is 2.25. The van der Waals surface area contributed by atoms with Crippen LogP contribution in [0.4, 0.5) is 0 Å². The quantitative estimate of drug-likeness (QED) is 0.662. The summed E-state index contributed by atoms with van der Waals surface area (Å²) in [7, 11) is 0. The Morgan fingerprint density at radius 1 is 1.14 bits per heavy atom. The summed E-state index contributed by atoms with van der Waals surface area (Å²) in [5.41, 5.74) is 1.44. The molecule has 0 amide bonds. The number of benzene rings is 1. The van der Waals surface area contributed by atoms with Gasteiger partial charge in [-0.3, -0.25) is 4.90 Å². The number of rotatable bonds is 8. The predicted molar refractivity (Wildman–Crippen MR) is 96.3 cm³/mol. The Morgan fingerprint density at radius 3 is 2.38 bits per heavy atom. The Bertz CT molecular complexity index is 384. The lowest BCUT2D eigenvalue weighted by Gasteiger charge is -2.33. The molecule has 0 N–H and O–H groups in total. The fourth-order valence-corrected chi connectivity index (χ4v) is 3.72. The van der Waals surface area contributed by atoms with E-state index in [1.54, 1.807) is 0 Å². The smallest absolute Gasteiger partial charge is 0.00955 e. The maximum Gasteiger partial charge on any atom is 0.00955 e. The van der Waals surface area contributed by atoms with Crippen LogP contribution in [0.15, 0.2) is 30.3 Å². The molecule has 1 aliphatic carbocycles. The van der Waals surface area contributed by atoms with E-state index in [2.05, 4.69) is 61.7 Å². The minimum atomic E-state index is 0.558. The van der Waals surface area contributed by atoms with Crippen molar-refractivity contribution < 1.29 is 0 Å². The van der Waals surface area contributed by atoms with E-state index in [1.807, 2.05) is 0 Å². The van der Waals surface area contributed by atoms with Crippen LogP contribution in [0.2, 0.25) is 0 Å². The zero-order valence-corrected chi connectivity index (χ0v) is 14.6. The lowest BCUT2D eigenvalue weighted by molar-refractivity contribution is 0.180. The van der Waals surface area contributed by atoms with Crippen molar-refractivity contribution in [3.05, 3.63) is 35.9 Å². The molecule has 2 heteroatoms. The standard InChI is InChI=1S/C19H31NS/c1-16(2)12-13-20(19-10-6-7-11-19)14-18(15-21)17-8-4-3-5-9-17/h3-5,8-9,16,18-19,21H,6-7,10-15H2,1-2H3. The Labute approximate surface area is 136 Å². The lowest BCUT2D eigenvalue weighted by Crippen LogP contribution is -2.38. The van der Waals surface area contributed by atoms with Gasteiger partial charge in [0.2, 0.25) is 0 Å².